The number of hydrogen-bond acceptors (Lipinski definition) is 5. The van der Waals surface area contributed by atoms with Crippen molar-refractivity contribution in [3.63, 3.8) is 0 Å². The standard InChI is InChI=1S/C18H15FN4OS/c19-14-6-4-5-13(11-14)16-12-21-18-23(16)22-17(25-18)20-9-10-24-15-7-2-1-3-8-15/h1-8,11-12H,9-10H2,(H,20,22). The van der Waals surface area contributed by atoms with Crippen LogP contribution in [0.3, 0.4) is 0 Å². The van der Waals surface area contributed by atoms with E-state index in [9.17, 15) is 4.39 Å². The van der Waals surface area contributed by atoms with Gasteiger partial charge in [-0.25, -0.2) is 13.9 Å². The van der Waals surface area contributed by atoms with E-state index in [0.717, 1.165) is 27.1 Å². The van der Waals surface area contributed by atoms with Gasteiger partial charge < -0.3 is 10.1 Å². The molecule has 0 bridgehead atoms. The highest BCUT2D eigenvalue weighted by Gasteiger charge is 2.11. The SMILES string of the molecule is Fc1cccc(-c2cnc3sc(NCCOc4ccccc4)nn23)c1. The van der Waals surface area contributed by atoms with E-state index in [1.807, 2.05) is 36.4 Å². The molecule has 2 aromatic heterocycles. The molecule has 2 heterocycles. The minimum absolute atomic E-state index is 0.279. The predicted octanol–water partition coefficient (Wildman–Crippen LogP) is 4.09. The summed E-state index contributed by atoms with van der Waals surface area (Å²) in [5, 5.41) is 8.48. The molecule has 5 nitrogen and oxygen atoms in total. The summed E-state index contributed by atoms with van der Waals surface area (Å²) in [6.07, 6.45) is 1.70. The summed E-state index contributed by atoms with van der Waals surface area (Å²) >= 11 is 1.44. The quantitative estimate of drug-likeness (QED) is 0.530. The Balaban J connectivity index is 1.43. The molecule has 7 heteroatoms. The number of nitrogens with one attached hydrogen (secondary N) is 1. The van der Waals surface area contributed by atoms with Crippen molar-refractivity contribution in [3.8, 4) is 17.0 Å². The fourth-order valence-electron chi connectivity index (χ4n) is 2.45. The third-order valence-corrected chi connectivity index (χ3v) is 4.48. The topological polar surface area (TPSA) is 51.5 Å². The summed E-state index contributed by atoms with van der Waals surface area (Å²) in [6.45, 7) is 1.16. The van der Waals surface area contributed by atoms with E-state index in [0.29, 0.717) is 13.2 Å². The summed E-state index contributed by atoms with van der Waals surface area (Å²) < 4.78 is 20.8. The molecule has 0 saturated carbocycles. The molecule has 0 aliphatic rings. The Labute approximate surface area is 147 Å². The van der Waals surface area contributed by atoms with Crippen molar-refractivity contribution < 1.29 is 9.13 Å². The van der Waals surface area contributed by atoms with Crippen LogP contribution in [-0.4, -0.2) is 27.7 Å². The van der Waals surface area contributed by atoms with Crippen LogP contribution in [0.25, 0.3) is 16.2 Å². The van der Waals surface area contributed by atoms with Gasteiger partial charge >= 0.3 is 0 Å². The second-order valence-corrected chi connectivity index (χ2v) is 6.30. The smallest absolute Gasteiger partial charge is 0.214 e. The lowest BCUT2D eigenvalue weighted by molar-refractivity contribution is 0.333. The monoisotopic (exact) mass is 354 g/mol. The van der Waals surface area contributed by atoms with Gasteiger partial charge in [-0.1, -0.05) is 41.7 Å². The van der Waals surface area contributed by atoms with Crippen molar-refractivity contribution in [1.82, 2.24) is 14.6 Å². The molecular weight excluding hydrogens is 339 g/mol. The highest BCUT2D eigenvalue weighted by atomic mass is 32.1. The lowest BCUT2D eigenvalue weighted by Gasteiger charge is -2.05. The average Bonchev–Trinajstić information content (AvgIpc) is 3.20. The zero-order valence-corrected chi connectivity index (χ0v) is 14.0. The lowest BCUT2D eigenvalue weighted by atomic mass is 10.2. The number of imidazole rings is 1. The Kier molecular flexibility index (Phi) is 4.30. The molecule has 0 fully saturated rings. The molecule has 0 aliphatic heterocycles. The van der Waals surface area contributed by atoms with Crippen LogP contribution in [0.4, 0.5) is 9.52 Å². The van der Waals surface area contributed by atoms with Gasteiger partial charge in [0.25, 0.3) is 0 Å². The maximum absolute atomic E-state index is 13.4. The number of hydrogen-bond donors (Lipinski definition) is 1. The number of fused-ring (bicyclic) bond motifs is 1. The minimum Gasteiger partial charge on any atom is -0.492 e. The highest BCUT2D eigenvalue weighted by molar-refractivity contribution is 7.20. The molecule has 0 spiro atoms. The Morgan fingerprint density at radius 2 is 2.00 bits per heavy atom. The lowest BCUT2D eigenvalue weighted by Crippen LogP contribution is -2.11. The van der Waals surface area contributed by atoms with Crippen molar-refractivity contribution >= 4 is 21.4 Å². The van der Waals surface area contributed by atoms with Gasteiger partial charge in [0.15, 0.2) is 0 Å². The third kappa shape index (κ3) is 3.46. The van der Waals surface area contributed by atoms with Crippen molar-refractivity contribution in [2.24, 2.45) is 0 Å². The van der Waals surface area contributed by atoms with Gasteiger partial charge in [0.2, 0.25) is 10.1 Å². The molecule has 25 heavy (non-hydrogen) atoms. The van der Waals surface area contributed by atoms with Gasteiger partial charge in [0.05, 0.1) is 18.4 Å². The number of nitrogens with zero attached hydrogens (tertiary/aromatic N) is 3. The van der Waals surface area contributed by atoms with Crippen molar-refractivity contribution in [2.75, 3.05) is 18.5 Å². The Morgan fingerprint density at radius 1 is 1.12 bits per heavy atom. The van der Waals surface area contributed by atoms with E-state index in [-0.39, 0.29) is 5.82 Å². The summed E-state index contributed by atoms with van der Waals surface area (Å²) in [5.74, 6) is 0.561. The average molecular weight is 354 g/mol. The zero-order chi connectivity index (χ0) is 17.1. The molecule has 0 aliphatic carbocycles. The molecule has 0 radical (unpaired) electrons. The number of aromatic nitrogens is 3. The summed E-state index contributed by atoms with van der Waals surface area (Å²) in [5.41, 5.74) is 1.51. The second-order valence-electron chi connectivity index (χ2n) is 5.34. The number of para-hydroxylation sites is 1. The van der Waals surface area contributed by atoms with Crippen LogP contribution in [0.1, 0.15) is 0 Å². The van der Waals surface area contributed by atoms with Crippen LogP contribution in [0.2, 0.25) is 0 Å². The summed E-state index contributed by atoms with van der Waals surface area (Å²) in [6, 6.07) is 16.1. The first-order valence-electron chi connectivity index (χ1n) is 7.82. The Bertz CT molecular complexity index is 983. The van der Waals surface area contributed by atoms with E-state index in [4.69, 9.17) is 4.74 Å². The van der Waals surface area contributed by atoms with Gasteiger partial charge in [-0.05, 0) is 24.3 Å². The normalized spacial score (nSPS) is 10.9. The minimum atomic E-state index is -0.279. The second kappa shape index (κ2) is 6.90. The molecule has 0 amide bonds. The molecule has 1 N–H and O–H groups in total. The first-order valence-corrected chi connectivity index (χ1v) is 8.63. The molecule has 0 saturated heterocycles. The third-order valence-electron chi connectivity index (χ3n) is 3.60. The first kappa shape index (κ1) is 15.6. The maximum Gasteiger partial charge on any atom is 0.214 e. The van der Waals surface area contributed by atoms with E-state index < -0.39 is 0 Å². The molecule has 0 atom stereocenters. The largest absolute Gasteiger partial charge is 0.492 e. The van der Waals surface area contributed by atoms with Gasteiger partial charge in [-0.3, -0.25) is 0 Å². The molecule has 0 unspecified atom stereocenters. The number of ether oxygens (including phenoxy) is 1. The van der Waals surface area contributed by atoms with Gasteiger partial charge in [-0.15, -0.1) is 5.10 Å². The molecule has 2 aromatic carbocycles. The Hall–Kier alpha value is -2.93. The van der Waals surface area contributed by atoms with Crippen LogP contribution < -0.4 is 10.1 Å². The van der Waals surface area contributed by atoms with E-state index in [1.165, 1.54) is 23.5 Å². The van der Waals surface area contributed by atoms with E-state index in [1.54, 1.807) is 16.8 Å². The van der Waals surface area contributed by atoms with Crippen LogP contribution >= 0.6 is 11.3 Å². The van der Waals surface area contributed by atoms with Gasteiger partial charge in [-0.2, -0.15) is 0 Å². The highest BCUT2D eigenvalue weighted by Crippen LogP contribution is 2.26. The predicted molar refractivity (Wildman–Crippen MR) is 96.7 cm³/mol. The molecular formula is C18H15FN4OS. The number of halogens is 1. The fraction of sp³-hybridized carbons (Fsp3) is 0.111. The fourth-order valence-corrected chi connectivity index (χ4v) is 3.25. The molecule has 4 aromatic rings. The molecule has 4 rings (SSSR count). The van der Waals surface area contributed by atoms with Crippen LogP contribution in [0.15, 0.2) is 60.8 Å². The van der Waals surface area contributed by atoms with E-state index >= 15 is 0 Å². The Morgan fingerprint density at radius 3 is 2.84 bits per heavy atom. The first-order chi connectivity index (χ1) is 12.3. The zero-order valence-electron chi connectivity index (χ0n) is 13.2. The summed E-state index contributed by atoms with van der Waals surface area (Å²) in [7, 11) is 0. The van der Waals surface area contributed by atoms with Crippen molar-refractivity contribution in [3.05, 3.63) is 66.6 Å². The van der Waals surface area contributed by atoms with Gasteiger partial charge in [0.1, 0.15) is 18.2 Å². The van der Waals surface area contributed by atoms with Crippen LogP contribution in [0.5, 0.6) is 5.75 Å². The number of anilines is 1. The molecule has 126 valence electrons. The van der Waals surface area contributed by atoms with Crippen LogP contribution in [0, 0.1) is 5.82 Å². The summed E-state index contributed by atoms with van der Waals surface area (Å²) in [4.78, 5) is 5.10. The number of rotatable bonds is 6. The number of benzene rings is 2. The van der Waals surface area contributed by atoms with Crippen molar-refractivity contribution in [1.29, 1.82) is 0 Å². The van der Waals surface area contributed by atoms with Crippen LogP contribution in [-0.2, 0) is 0 Å². The van der Waals surface area contributed by atoms with Gasteiger partial charge in [0, 0.05) is 5.56 Å². The maximum atomic E-state index is 13.4. The van der Waals surface area contributed by atoms with E-state index in [2.05, 4.69) is 15.4 Å². The van der Waals surface area contributed by atoms with Crippen molar-refractivity contribution in [2.45, 2.75) is 0 Å².